The van der Waals surface area contributed by atoms with Gasteiger partial charge in [0.15, 0.2) is 0 Å². The molecule has 1 aromatic carbocycles. The molecule has 1 aliphatic heterocycles. The fraction of sp³-hybridized carbons (Fsp3) is 0.647. The summed E-state index contributed by atoms with van der Waals surface area (Å²) in [4.78, 5) is 0. The molecule has 0 spiro atoms. The number of rotatable bonds is 5. The molecule has 2 atom stereocenters. The molecule has 0 radical (unpaired) electrons. The Bertz CT molecular complexity index is 447. The number of fused-ring (bicyclic) bond motifs is 1. The van der Waals surface area contributed by atoms with Crippen LogP contribution in [-0.2, 0) is 12.8 Å². The molecule has 3 rings (SSSR count). The third-order valence-corrected chi connectivity index (χ3v) is 4.53. The smallest absolute Gasteiger partial charge is 0.122 e. The van der Waals surface area contributed by atoms with Crippen LogP contribution in [0.25, 0.3) is 0 Å². The van der Waals surface area contributed by atoms with Crippen LogP contribution in [-0.4, -0.2) is 30.9 Å². The summed E-state index contributed by atoms with van der Waals surface area (Å²) in [7, 11) is 0. The third-order valence-electron chi connectivity index (χ3n) is 4.53. The van der Waals surface area contributed by atoms with E-state index in [1.165, 1.54) is 24.0 Å². The number of aliphatic hydroxyl groups excluding tert-OH is 1. The Kier molecular flexibility index (Phi) is 4.58. The van der Waals surface area contributed by atoms with Crippen molar-refractivity contribution < 1.29 is 9.84 Å². The van der Waals surface area contributed by atoms with Gasteiger partial charge in [-0.05, 0) is 61.9 Å². The monoisotopic (exact) mass is 275 g/mol. The van der Waals surface area contributed by atoms with E-state index in [9.17, 15) is 5.11 Å². The van der Waals surface area contributed by atoms with Gasteiger partial charge < -0.3 is 15.2 Å². The second-order valence-corrected chi connectivity index (χ2v) is 6.18. The lowest BCUT2D eigenvalue weighted by atomic mass is 9.87. The molecule has 1 aromatic rings. The van der Waals surface area contributed by atoms with E-state index in [0.717, 1.165) is 51.1 Å². The molecule has 0 amide bonds. The highest BCUT2D eigenvalue weighted by Gasteiger charge is 2.19. The first-order chi connectivity index (χ1) is 9.81. The van der Waals surface area contributed by atoms with Crippen LogP contribution in [0.2, 0.25) is 0 Å². The third kappa shape index (κ3) is 3.53. The highest BCUT2D eigenvalue weighted by molar-refractivity contribution is 5.39. The summed E-state index contributed by atoms with van der Waals surface area (Å²) in [6, 6.07) is 6.57. The molecule has 1 heterocycles. The van der Waals surface area contributed by atoms with E-state index in [4.69, 9.17) is 4.74 Å². The molecule has 0 bridgehead atoms. The normalized spacial score (nSPS) is 25.2. The SMILES string of the molecule is OC1CCCC(CNCCc2ccc3c(c2)CCO3)C1. The summed E-state index contributed by atoms with van der Waals surface area (Å²) in [5, 5.41) is 13.2. The molecular formula is C17H25NO2. The summed E-state index contributed by atoms with van der Waals surface area (Å²) in [5.41, 5.74) is 2.75. The fourth-order valence-corrected chi connectivity index (χ4v) is 3.38. The van der Waals surface area contributed by atoms with Gasteiger partial charge in [0, 0.05) is 6.42 Å². The predicted molar refractivity (Wildman–Crippen MR) is 80.2 cm³/mol. The summed E-state index contributed by atoms with van der Waals surface area (Å²) in [6.45, 7) is 2.90. The molecule has 0 saturated heterocycles. The van der Waals surface area contributed by atoms with Gasteiger partial charge in [-0.1, -0.05) is 18.6 Å². The minimum absolute atomic E-state index is 0.0627. The Hall–Kier alpha value is -1.06. The Morgan fingerprint density at radius 1 is 1.30 bits per heavy atom. The summed E-state index contributed by atoms with van der Waals surface area (Å²) >= 11 is 0. The van der Waals surface area contributed by atoms with Crippen molar-refractivity contribution in [2.24, 2.45) is 5.92 Å². The van der Waals surface area contributed by atoms with Crippen LogP contribution in [0.5, 0.6) is 5.75 Å². The summed E-state index contributed by atoms with van der Waals surface area (Å²) in [5.74, 6) is 1.73. The van der Waals surface area contributed by atoms with E-state index in [2.05, 4.69) is 23.5 Å². The van der Waals surface area contributed by atoms with Gasteiger partial charge in [-0.3, -0.25) is 0 Å². The fourth-order valence-electron chi connectivity index (χ4n) is 3.38. The van der Waals surface area contributed by atoms with Crippen molar-refractivity contribution in [3.63, 3.8) is 0 Å². The molecule has 0 aromatic heterocycles. The Morgan fingerprint density at radius 2 is 2.25 bits per heavy atom. The van der Waals surface area contributed by atoms with Gasteiger partial charge in [0.2, 0.25) is 0 Å². The lowest BCUT2D eigenvalue weighted by Crippen LogP contribution is -2.30. The highest BCUT2D eigenvalue weighted by Crippen LogP contribution is 2.26. The zero-order valence-electron chi connectivity index (χ0n) is 12.1. The molecule has 1 aliphatic carbocycles. The van der Waals surface area contributed by atoms with E-state index in [-0.39, 0.29) is 6.10 Å². The van der Waals surface area contributed by atoms with E-state index in [1.54, 1.807) is 0 Å². The standard InChI is InChI=1S/C17H25NO2/c19-16-3-1-2-14(11-16)12-18-8-6-13-4-5-17-15(10-13)7-9-20-17/h4-5,10,14,16,18-19H,1-3,6-9,11-12H2. The zero-order valence-corrected chi connectivity index (χ0v) is 12.1. The average molecular weight is 275 g/mol. The molecule has 3 heteroatoms. The Morgan fingerprint density at radius 3 is 3.15 bits per heavy atom. The van der Waals surface area contributed by atoms with Crippen LogP contribution in [0.3, 0.4) is 0 Å². The highest BCUT2D eigenvalue weighted by atomic mass is 16.5. The van der Waals surface area contributed by atoms with Gasteiger partial charge in [-0.15, -0.1) is 0 Å². The number of nitrogens with one attached hydrogen (secondary N) is 1. The van der Waals surface area contributed by atoms with Gasteiger partial charge in [-0.2, -0.15) is 0 Å². The van der Waals surface area contributed by atoms with Gasteiger partial charge in [-0.25, -0.2) is 0 Å². The van der Waals surface area contributed by atoms with E-state index >= 15 is 0 Å². The number of aliphatic hydroxyl groups is 1. The Balaban J connectivity index is 1.39. The lowest BCUT2D eigenvalue weighted by molar-refractivity contribution is 0.101. The van der Waals surface area contributed by atoms with Crippen molar-refractivity contribution >= 4 is 0 Å². The zero-order chi connectivity index (χ0) is 13.8. The molecule has 2 N–H and O–H groups in total. The maximum absolute atomic E-state index is 9.66. The number of hydrogen-bond donors (Lipinski definition) is 2. The number of hydrogen-bond acceptors (Lipinski definition) is 3. The molecule has 1 fully saturated rings. The quantitative estimate of drug-likeness (QED) is 0.810. The van der Waals surface area contributed by atoms with Gasteiger partial charge in [0.1, 0.15) is 5.75 Å². The van der Waals surface area contributed by atoms with Crippen molar-refractivity contribution in [3.8, 4) is 5.75 Å². The predicted octanol–water partition coefficient (Wildman–Crippen LogP) is 2.30. The van der Waals surface area contributed by atoms with Crippen molar-refractivity contribution in [2.75, 3.05) is 19.7 Å². The van der Waals surface area contributed by atoms with E-state index in [0.29, 0.717) is 5.92 Å². The van der Waals surface area contributed by atoms with E-state index < -0.39 is 0 Å². The topological polar surface area (TPSA) is 41.5 Å². The maximum atomic E-state index is 9.66. The summed E-state index contributed by atoms with van der Waals surface area (Å²) in [6.07, 6.45) is 6.47. The molecule has 20 heavy (non-hydrogen) atoms. The van der Waals surface area contributed by atoms with Crippen LogP contribution in [0.15, 0.2) is 18.2 Å². The molecular weight excluding hydrogens is 250 g/mol. The first-order valence-corrected chi connectivity index (χ1v) is 7.94. The van der Waals surface area contributed by atoms with Crippen LogP contribution < -0.4 is 10.1 Å². The van der Waals surface area contributed by atoms with Crippen LogP contribution in [0.1, 0.15) is 36.8 Å². The summed E-state index contributed by atoms with van der Waals surface area (Å²) < 4.78 is 5.53. The van der Waals surface area contributed by atoms with Crippen molar-refractivity contribution in [1.82, 2.24) is 5.32 Å². The number of benzene rings is 1. The molecule has 2 aliphatic rings. The largest absolute Gasteiger partial charge is 0.493 e. The van der Waals surface area contributed by atoms with Crippen LogP contribution in [0, 0.1) is 5.92 Å². The van der Waals surface area contributed by atoms with Crippen LogP contribution in [0.4, 0.5) is 0 Å². The lowest BCUT2D eigenvalue weighted by Gasteiger charge is -2.26. The first-order valence-electron chi connectivity index (χ1n) is 7.94. The first kappa shape index (κ1) is 13.9. The molecule has 2 unspecified atom stereocenters. The van der Waals surface area contributed by atoms with Crippen LogP contribution >= 0.6 is 0 Å². The molecule has 110 valence electrons. The van der Waals surface area contributed by atoms with E-state index in [1.807, 2.05) is 0 Å². The minimum atomic E-state index is -0.0627. The average Bonchev–Trinajstić information content (AvgIpc) is 2.91. The second kappa shape index (κ2) is 6.59. The van der Waals surface area contributed by atoms with Gasteiger partial charge in [0.25, 0.3) is 0 Å². The Labute approximate surface area is 121 Å². The van der Waals surface area contributed by atoms with Gasteiger partial charge >= 0.3 is 0 Å². The molecule has 3 nitrogen and oxygen atoms in total. The number of ether oxygens (including phenoxy) is 1. The van der Waals surface area contributed by atoms with Crippen molar-refractivity contribution in [3.05, 3.63) is 29.3 Å². The minimum Gasteiger partial charge on any atom is -0.493 e. The van der Waals surface area contributed by atoms with Gasteiger partial charge in [0.05, 0.1) is 12.7 Å². The molecule has 1 saturated carbocycles. The maximum Gasteiger partial charge on any atom is 0.122 e. The van der Waals surface area contributed by atoms with Crippen molar-refractivity contribution in [2.45, 2.75) is 44.6 Å². The van der Waals surface area contributed by atoms with Crippen molar-refractivity contribution in [1.29, 1.82) is 0 Å². The second-order valence-electron chi connectivity index (χ2n) is 6.18.